The van der Waals surface area contributed by atoms with Gasteiger partial charge in [0.25, 0.3) is 21.5 Å². The van der Waals surface area contributed by atoms with Crippen molar-refractivity contribution >= 4 is 55.9 Å². The Morgan fingerprint density at radius 2 is 1.53 bits per heavy atom. The van der Waals surface area contributed by atoms with Crippen LogP contribution in [0, 0.1) is 0 Å². The molecule has 1 atom stereocenters. The van der Waals surface area contributed by atoms with Crippen LogP contribution in [0.15, 0.2) is 101 Å². The van der Waals surface area contributed by atoms with Crippen LogP contribution in [0.2, 0.25) is 5.02 Å². The summed E-state index contributed by atoms with van der Waals surface area (Å²) in [5, 5.41) is 4.05. The van der Waals surface area contributed by atoms with Crippen molar-refractivity contribution in [2.45, 2.75) is 17.9 Å². The highest BCUT2D eigenvalue weighted by atomic mass is 35.5. The van der Waals surface area contributed by atoms with E-state index in [1.807, 2.05) is 0 Å². The predicted octanol–water partition coefficient (Wildman–Crippen LogP) is 4.63. The second kappa shape index (κ2) is 12.0. The highest BCUT2D eigenvalue weighted by Gasteiger charge is 2.26. The molecule has 0 aliphatic heterocycles. The Labute approximate surface area is 251 Å². The Morgan fingerprint density at radius 1 is 0.907 bits per heavy atom. The lowest BCUT2D eigenvalue weighted by Gasteiger charge is -2.19. The fourth-order valence-corrected chi connectivity index (χ4v) is 5.46. The number of fused-ring (bicyclic) bond motifs is 1. The maximum Gasteiger partial charge on any atom is 0.356 e. The van der Waals surface area contributed by atoms with Crippen LogP contribution in [0.25, 0.3) is 21.9 Å². The average Bonchev–Trinajstić information content (AvgIpc) is 3.00. The van der Waals surface area contributed by atoms with Gasteiger partial charge in [-0.15, -0.1) is 0 Å². The molecule has 0 fully saturated rings. The van der Waals surface area contributed by atoms with Crippen molar-refractivity contribution in [3.8, 4) is 11.1 Å². The van der Waals surface area contributed by atoms with Gasteiger partial charge < -0.3 is 14.6 Å². The van der Waals surface area contributed by atoms with E-state index in [1.165, 1.54) is 55.2 Å². The van der Waals surface area contributed by atoms with E-state index >= 15 is 0 Å². The normalized spacial score (nSPS) is 12.0. The number of benzene rings is 3. The summed E-state index contributed by atoms with van der Waals surface area (Å²) < 4.78 is 34.2. The number of carbonyl (C=O) groups is 2. The molecule has 2 heterocycles. The summed E-state index contributed by atoms with van der Waals surface area (Å²) in [6, 6.07) is 20.6. The maximum absolute atomic E-state index is 13.5. The van der Waals surface area contributed by atoms with Gasteiger partial charge in [-0.2, -0.15) is 0 Å². The lowest BCUT2D eigenvalue weighted by atomic mass is 9.96. The Balaban J connectivity index is 1.36. The van der Waals surface area contributed by atoms with Crippen molar-refractivity contribution in [3.05, 3.63) is 112 Å². The Bertz CT molecular complexity index is 2000. The molecule has 5 aromatic rings. The minimum atomic E-state index is -3.97. The minimum Gasteiger partial charge on any atom is -0.448 e. The van der Waals surface area contributed by atoms with Gasteiger partial charge >= 0.3 is 5.97 Å². The lowest BCUT2D eigenvalue weighted by Crippen LogP contribution is -2.33. The molecule has 0 radical (unpaired) electrons. The zero-order valence-electron chi connectivity index (χ0n) is 22.8. The van der Waals surface area contributed by atoms with Gasteiger partial charge in [-0.25, -0.2) is 27.9 Å². The third-order valence-corrected chi connectivity index (χ3v) is 8.10. The smallest absolute Gasteiger partial charge is 0.356 e. The van der Waals surface area contributed by atoms with E-state index in [0.29, 0.717) is 26.9 Å². The number of nitrogens with one attached hydrogen (secondary N) is 2. The molecule has 5 rings (SSSR count). The number of nitrogens with zero attached hydrogens (tertiary/aromatic N) is 3. The summed E-state index contributed by atoms with van der Waals surface area (Å²) in [4.78, 5) is 47.2. The lowest BCUT2D eigenvalue weighted by molar-refractivity contribution is -0.123. The van der Waals surface area contributed by atoms with Crippen molar-refractivity contribution in [3.63, 3.8) is 0 Å². The molecule has 0 aliphatic rings. The molecule has 218 valence electrons. The molecule has 11 nitrogen and oxygen atoms in total. The van der Waals surface area contributed by atoms with E-state index in [0.717, 1.165) is 0 Å². The van der Waals surface area contributed by atoms with Crippen LogP contribution in [0.5, 0.6) is 0 Å². The molecule has 0 saturated carbocycles. The van der Waals surface area contributed by atoms with Crippen molar-refractivity contribution in [2.75, 3.05) is 10.0 Å². The second-order valence-corrected chi connectivity index (χ2v) is 11.5. The van der Waals surface area contributed by atoms with E-state index in [-0.39, 0.29) is 22.2 Å². The van der Waals surface area contributed by atoms with Crippen LogP contribution in [0.3, 0.4) is 0 Å². The summed E-state index contributed by atoms with van der Waals surface area (Å²) in [5.74, 6) is -1.63. The minimum absolute atomic E-state index is 0.0323. The zero-order valence-corrected chi connectivity index (χ0v) is 24.4. The number of amides is 1. The number of hydrogen-bond donors (Lipinski definition) is 2. The number of ether oxygens (including phenoxy) is 1. The van der Waals surface area contributed by atoms with Crippen molar-refractivity contribution < 1.29 is 22.7 Å². The fourth-order valence-electron chi connectivity index (χ4n) is 4.37. The third kappa shape index (κ3) is 6.25. The molecule has 13 heteroatoms. The third-order valence-electron chi connectivity index (χ3n) is 6.51. The van der Waals surface area contributed by atoms with Gasteiger partial charge in [0, 0.05) is 41.1 Å². The van der Waals surface area contributed by atoms with Gasteiger partial charge in [0.1, 0.15) is 5.69 Å². The molecule has 2 N–H and O–H groups in total. The Kier molecular flexibility index (Phi) is 8.24. The molecular weight excluding hydrogens is 594 g/mol. The molecule has 0 spiro atoms. The molecule has 1 unspecified atom stereocenters. The van der Waals surface area contributed by atoms with Crippen LogP contribution in [0.4, 0.5) is 11.6 Å². The molecule has 1 amide bonds. The number of pyridine rings is 1. The molecule has 2 aromatic heterocycles. The molecule has 43 heavy (non-hydrogen) atoms. The fraction of sp³-hybridized carbons (Fsp3) is 0.100. The number of esters is 1. The summed E-state index contributed by atoms with van der Waals surface area (Å²) in [7, 11) is -2.50. The number of sulfonamides is 1. The summed E-state index contributed by atoms with van der Waals surface area (Å²) >= 11 is 6.08. The van der Waals surface area contributed by atoms with Crippen LogP contribution in [-0.4, -0.2) is 40.9 Å². The SMILES string of the molecule is CC(OC(=O)c1c(-c2ccc(Cl)cc2)c2ccccc2c(=O)n1C)C(=O)Nc1ccc(S(=O)(=O)Nc2ncccn2)cc1. The molecule has 0 aliphatic carbocycles. The Hall–Kier alpha value is -5.07. The number of carbonyl (C=O) groups excluding carboxylic acids is 2. The van der Waals surface area contributed by atoms with Gasteiger partial charge in [-0.05, 0) is 66.4 Å². The van der Waals surface area contributed by atoms with Crippen molar-refractivity contribution in [1.29, 1.82) is 0 Å². The Morgan fingerprint density at radius 3 is 2.19 bits per heavy atom. The van der Waals surface area contributed by atoms with Gasteiger partial charge in [0.05, 0.1) is 4.90 Å². The highest BCUT2D eigenvalue weighted by Crippen LogP contribution is 2.32. The van der Waals surface area contributed by atoms with E-state index in [2.05, 4.69) is 20.0 Å². The molecular formula is C30H24ClN5O6S. The van der Waals surface area contributed by atoms with Crippen LogP contribution < -0.4 is 15.6 Å². The van der Waals surface area contributed by atoms with E-state index in [9.17, 15) is 22.8 Å². The quantitative estimate of drug-likeness (QED) is 0.239. The van der Waals surface area contributed by atoms with Gasteiger partial charge in [-0.1, -0.05) is 41.9 Å². The maximum atomic E-state index is 13.5. The molecule has 0 bridgehead atoms. The van der Waals surface area contributed by atoms with Crippen LogP contribution in [-0.2, 0) is 26.6 Å². The summed E-state index contributed by atoms with van der Waals surface area (Å²) in [6.45, 7) is 1.39. The van der Waals surface area contributed by atoms with Gasteiger partial charge in [0.15, 0.2) is 6.10 Å². The van der Waals surface area contributed by atoms with Crippen molar-refractivity contribution in [1.82, 2.24) is 14.5 Å². The predicted molar refractivity (Wildman–Crippen MR) is 162 cm³/mol. The van der Waals surface area contributed by atoms with Gasteiger partial charge in [-0.3, -0.25) is 9.59 Å². The van der Waals surface area contributed by atoms with Gasteiger partial charge in [0.2, 0.25) is 5.95 Å². The first-order valence-electron chi connectivity index (χ1n) is 12.8. The number of rotatable bonds is 8. The molecule has 0 saturated heterocycles. The summed E-state index contributed by atoms with van der Waals surface area (Å²) in [6.07, 6.45) is 1.53. The average molecular weight is 618 g/mol. The number of halogens is 1. The largest absolute Gasteiger partial charge is 0.448 e. The van der Waals surface area contributed by atoms with Crippen LogP contribution >= 0.6 is 11.6 Å². The number of anilines is 2. The first-order valence-corrected chi connectivity index (χ1v) is 14.7. The first-order chi connectivity index (χ1) is 20.5. The second-order valence-electron chi connectivity index (χ2n) is 9.38. The first kappa shape index (κ1) is 29.4. The molecule has 3 aromatic carbocycles. The van der Waals surface area contributed by atoms with E-state index in [1.54, 1.807) is 54.6 Å². The standard InChI is InChI=1S/C30H24ClN5O6S/c1-18(27(37)34-21-12-14-22(15-13-21)43(40,41)35-30-32-16-5-17-33-30)42-29(39)26-25(19-8-10-20(31)11-9-19)23-6-3-4-7-24(23)28(38)36(26)2/h3-18H,1-2H3,(H,34,37)(H,32,33,35). The zero-order chi connectivity index (χ0) is 30.7. The van der Waals surface area contributed by atoms with E-state index in [4.69, 9.17) is 16.3 Å². The highest BCUT2D eigenvalue weighted by molar-refractivity contribution is 7.92. The van der Waals surface area contributed by atoms with Crippen LogP contribution in [0.1, 0.15) is 17.4 Å². The van der Waals surface area contributed by atoms with E-state index < -0.39 is 33.6 Å². The van der Waals surface area contributed by atoms with Crippen molar-refractivity contribution in [2.24, 2.45) is 7.05 Å². The topological polar surface area (TPSA) is 149 Å². The number of hydrogen-bond acceptors (Lipinski definition) is 8. The monoisotopic (exact) mass is 617 g/mol. The number of aromatic nitrogens is 3. The summed E-state index contributed by atoms with van der Waals surface area (Å²) in [5.41, 5.74) is 0.917.